The van der Waals surface area contributed by atoms with E-state index in [1.54, 1.807) is 7.11 Å². The summed E-state index contributed by atoms with van der Waals surface area (Å²) in [5.41, 5.74) is 1.75. The van der Waals surface area contributed by atoms with Crippen molar-refractivity contribution in [3.63, 3.8) is 0 Å². The van der Waals surface area contributed by atoms with Crippen molar-refractivity contribution < 1.29 is 19.1 Å². The molecule has 0 fully saturated rings. The van der Waals surface area contributed by atoms with Crippen LogP contribution in [0.2, 0.25) is 0 Å². The van der Waals surface area contributed by atoms with E-state index in [9.17, 15) is 14.4 Å². The highest BCUT2D eigenvalue weighted by atomic mass is 16.5. The van der Waals surface area contributed by atoms with Crippen LogP contribution >= 0.6 is 0 Å². The molecule has 26 heavy (non-hydrogen) atoms. The van der Waals surface area contributed by atoms with E-state index in [1.807, 2.05) is 60.7 Å². The molecule has 2 aromatic rings. The van der Waals surface area contributed by atoms with Crippen molar-refractivity contribution in [3.05, 3.63) is 71.8 Å². The first-order chi connectivity index (χ1) is 12.6. The Hall–Kier alpha value is -2.83. The Morgan fingerprint density at radius 2 is 1.50 bits per heavy atom. The van der Waals surface area contributed by atoms with Gasteiger partial charge in [0.2, 0.25) is 5.91 Å². The number of carbonyl (C=O) groups excluding carboxylic acids is 3. The number of ether oxygens (including phenoxy) is 1. The molecule has 0 saturated carbocycles. The van der Waals surface area contributed by atoms with E-state index in [0.717, 1.165) is 11.1 Å². The molecule has 2 unspecified atom stereocenters. The molecular formula is C20H22N2O4. The maximum atomic E-state index is 12.1. The Kier molecular flexibility index (Phi) is 7.20. The molecule has 2 aromatic carbocycles. The van der Waals surface area contributed by atoms with Gasteiger partial charge in [0.1, 0.15) is 18.4 Å². The molecule has 0 bridgehead atoms. The molecule has 0 aliphatic carbocycles. The van der Waals surface area contributed by atoms with E-state index in [1.165, 1.54) is 6.92 Å². The minimum absolute atomic E-state index is 0.439. The van der Waals surface area contributed by atoms with Crippen LogP contribution in [0.5, 0.6) is 0 Å². The fourth-order valence-electron chi connectivity index (χ4n) is 2.75. The van der Waals surface area contributed by atoms with Gasteiger partial charge in [0, 0.05) is 14.0 Å². The second kappa shape index (κ2) is 9.60. The number of methoxy groups -OCH3 is 1. The zero-order chi connectivity index (χ0) is 18.9. The van der Waals surface area contributed by atoms with E-state index in [2.05, 4.69) is 10.6 Å². The number of benzene rings is 2. The number of imide groups is 1. The highest BCUT2D eigenvalue weighted by Gasteiger charge is 2.30. The Morgan fingerprint density at radius 1 is 0.962 bits per heavy atom. The van der Waals surface area contributed by atoms with Crippen molar-refractivity contribution in [1.82, 2.24) is 10.6 Å². The molecule has 2 rings (SSSR count). The van der Waals surface area contributed by atoms with Crippen molar-refractivity contribution in [1.29, 1.82) is 0 Å². The van der Waals surface area contributed by atoms with Gasteiger partial charge in [-0.25, -0.2) is 0 Å². The highest BCUT2D eigenvalue weighted by Crippen LogP contribution is 2.31. The smallest absolute Gasteiger partial charge is 0.251 e. The summed E-state index contributed by atoms with van der Waals surface area (Å²) in [5.74, 6) is -1.22. The van der Waals surface area contributed by atoms with Gasteiger partial charge in [0.25, 0.3) is 5.91 Å². The predicted octanol–water partition coefficient (Wildman–Crippen LogP) is 1.94. The third-order valence-corrected chi connectivity index (χ3v) is 3.92. The third-order valence-electron chi connectivity index (χ3n) is 3.92. The first-order valence-corrected chi connectivity index (χ1v) is 8.22. The topological polar surface area (TPSA) is 84.5 Å². The summed E-state index contributed by atoms with van der Waals surface area (Å²) in [4.78, 5) is 34.7. The van der Waals surface area contributed by atoms with Gasteiger partial charge in [-0.15, -0.1) is 0 Å². The first-order valence-electron chi connectivity index (χ1n) is 8.22. The molecule has 0 aromatic heterocycles. The summed E-state index contributed by atoms with van der Waals surface area (Å²) in [6.07, 6.45) is 0.0394. The minimum atomic E-state index is -1.19. The number of hydrogen-bond donors (Lipinski definition) is 2. The summed E-state index contributed by atoms with van der Waals surface area (Å²) in [6, 6.07) is 17.2. The second-order valence-electron chi connectivity index (χ2n) is 5.78. The number of nitrogens with one attached hydrogen (secondary N) is 2. The van der Waals surface area contributed by atoms with Crippen molar-refractivity contribution >= 4 is 18.1 Å². The third kappa shape index (κ3) is 5.08. The summed E-state index contributed by atoms with van der Waals surface area (Å²) in [7, 11) is 1.57. The molecule has 0 spiro atoms. The molecule has 136 valence electrons. The zero-order valence-corrected chi connectivity index (χ0v) is 14.7. The van der Waals surface area contributed by atoms with E-state index in [-0.39, 0.29) is 0 Å². The van der Waals surface area contributed by atoms with Gasteiger partial charge >= 0.3 is 0 Å². The molecule has 2 amide bonds. The summed E-state index contributed by atoms with van der Waals surface area (Å²) >= 11 is 0. The largest absolute Gasteiger partial charge is 0.375 e. The van der Waals surface area contributed by atoms with Crippen molar-refractivity contribution in [2.24, 2.45) is 0 Å². The number of hydrogen-bond acceptors (Lipinski definition) is 5. The molecule has 0 radical (unpaired) electrons. The van der Waals surface area contributed by atoms with Crippen molar-refractivity contribution in [2.45, 2.75) is 25.1 Å². The predicted molar refractivity (Wildman–Crippen MR) is 97.2 cm³/mol. The van der Waals surface area contributed by atoms with Gasteiger partial charge in [-0.05, 0) is 11.1 Å². The van der Waals surface area contributed by atoms with E-state index >= 15 is 0 Å². The van der Waals surface area contributed by atoms with Crippen LogP contribution in [0.4, 0.5) is 0 Å². The summed E-state index contributed by atoms with van der Waals surface area (Å²) in [5, 5.41) is 5.15. The molecule has 2 N–H and O–H groups in total. The summed E-state index contributed by atoms with van der Waals surface area (Å²) in [6.45, 7) is 1.22. The van der Waals surface area contributed by atoms with Crippen LogP contribution in [0, 0.1) is 0 Å². The Balaban J connectivity index is 2.36. The van der Waals surface area contributed by atoms with E-state index < -0.39 is 30.0 Å². The molecule has 6 nitrogen and oxygen atoms in total. The molecule has 0 aliphatic rings. The monoisotopic (exact) mass is 354 g/mol. The van der Waals surface area contributed by atoms with Gasteiger partial charge in [-0.2, -0.15) is 0 Å². The van der Waals surface area contributed by atoms with Crippen molar-refractivity contribution in [2.75, 3.05) is 7.11 Å². The average molecular weight is 354 g/mol. The van der Waals surface area contributed by atoms with Crippen LogP contribution in [-0.4, -0.2) is 31.3 Å². The maximum absolute atomic E-state index is 12.1. The van der Waals surface area contributed by atoms with Crippen LogP contribution in [0.15, 0.2) is 60.7 Å². The number of rotatable bonds is 8. The van der Waals surface area contributed by atoms with Gasteiger partial charge in [-0.1, -0.05) is 60.7 Å². The van der Waals surface area contributed by atoms with Gasteiger partial charge < -0.3 is 9.53 Å². The van der Waals surface area contributed by atoms with E-state index in [0.29, 0.717) is 6.29 Å². The van der Waals surface area contributed by atoms with Crippen LogP contribution in [0.3, 0.4) is 0 Å². The lowest BCUT2D eigenvalue weighted by Crippen LogP contribution is -2.49. The lowest BCUT2D eigenvalue weighted by Gasteiger charge is -2.29. The molecular weight excluding hydrogens is 332 g/mol. The molecule has 3 atom stereocenters. The maximum Gasteiger partial charge on any atom is 0.251 e. The van der Waals surface area contributed by atoms with Gasteiger partial charge in [-0.3, -0.25) is 20.2 Å². The second-order valence-corrected chi connectivity index (χ2v) is 5.78. The lowest BCUT2D eigenvalue weighted by molar-refractivity contribution is -0.132. The molecule has 0 heterocycles. The molecule has 0 saturated heterocycles. The van der Waals surface area contributed by atoms with E-state index in [4.69, 9.17) is 4.74 Å². The highest BCUT2D eigenvalue weighted by molar-refractivity contribution is 6.04. The Bertz CT molecular complexity index is 734. The fourth-order valence-corrected chi connectivity index (χ4v) is 2.75. The average Bonchev–Trinajstić information content (AvgIpc) is 2.66. The van der Waals surface area contributed by atoms with Gasteiger partial charge in [0.05, 0.1) is 6.04 Å². The summed E-state index contributed by atoms with van der Waals surface area (Å²) < 4.78 is 5.68. The minimum Gasteiger partial charge on any atom is -0.375 e. The van der Waals surface area contributed by atoms with Crippen LogP contribution in [0.25, 0.3) is 0 Å². The van der Waals surface area contributed by atoms with Crippen LogP contribution in [0.1, 0.15) is 30.2 Å². The quantitative estimate of drug-likeness (QED) is 0.559. The number of carbonyl (C=O) groups is 3. The van der Waals surface area contributed by atoms with Crippen LogP contribution < -0.4 is 10.6 Å². The lowest BCUT2D eigenvalue weighted by atomic mass is 9.94. The number of amides is 2. The molecule has 0 aliphatic heterocycles. The Morgan fingerprint density at radius 3 is 1.96 bits per heavy atom. The van der Waals surface area contributed by atoms with Crippen LogP contribution in [-0.2, 0) is 19.1 Å². The Labute approximate surface area is 152 Å². The normalized spacial score (nSPS) is 14.1. The van der Waals surface area contributed by atoms with Gasteiger partial charge in [0.15, 0.2) is 0 Å². The fraction of sp³-hybridized carbons (Fsp3) is 0.250. The standard InChI is InChI=1S/C20H22N2O4/c1-14(24)21-20(25)17(13-23)22-18(15-9-5-3-6-10-15)19(26-2)16-11-7-4-8-12-16/h3-13,17-19,22H,1-2H3,(H,21,24,25)/t17?,18?,19-/m1/s1. The zero-order valence-electron chi connectivity index (χ0n) is 14.7. The number of aldehydes is 1. The first kappa shape index (κ1) is 19.5. The van der Waals surface area contributed by atoms with Crippen molar-refractivity contribution in [3.8, 4) is 0 Å². The SMILES string of the molecule is CO[C@H](c1ccccc1)C(NC(C=O)C(=O)NC(C)=O)c1ccccc1. The molecule has 6 heteroatoms.